The molecule has 24 heavy (non-hydrogen) atoms. The minimum Gasteiger partial charge on any atom is -0.318 e. The molecular weight excluding hydrogens is 304 g/mol. The highest BCUT2D eigenvalue weighted by atomic mass is 16.2. The van der Waals surface area contributed by atoms with E-state index in [0.29, 0.717) is 11.4 Å². The van der Waals surface area contributed by atoms with E-state index in [1.165, 1.54) is 10.9 Å². The highest BCUT2D eigenvalue weighted by Gasteiger charge is 2.14. The molecule has 2 N–H and O–H groups in total. The van der Waals surface area contributed by atoms with E-state index >= 15 is 0 Å². The van der Waals surface area contributed by atoms with Gasteiger partial charge in [-0.05, 0) is 23.3 Å². The molecule has 0 bridgehead atoms. The SMILES string of the molecule is Cn1cc(NC(=O)C(=O)Nc2ccc(-c3ccccc3)cc2)cn1. The number of nitrogens with one attached hydrogen (secondary N) is 2. The van der Waals surface area contributed by atoms with E-state index in [4.69, 9.17) is 0 Å². The minimum atomic E-state index is -0.741. The Morgan fingerprint density at radius 1 is 0.833 bits per heavy atom. The van der Waals surface area contributed by atoms with Crippen LogP contribution in [-0.2, 0) is 16.6 Å². The minimum absolute atomic E-state index is 0.470. The molecule has 0 spiro atoms. The van der Waals surface area contributed by atoms with Gasteiger partial charge in [0, 0.05) is 18.9 Å². The maximum atomic E-state index is 11.9. The largest absolute Gasteiger partial charge is 0.318 e. The van der Waals surface area contributed by atoms with Gasteiger partial charge in [0.1, 0.15) is 0 Å². The summed E-state index contributed by atoms with van der Waals surface area (Å²) in [6.45, 7) is 0. The van der Waals surface area contributed by atoms with Gasteiger partial charge in [0.05, 0.1) is 11.9 Å². The number of aromatic nitrogens is 2. The third-order valence-corrected chi connectivity index (χ3v) is 3.42. The van der Waals surface area contributed by atoms with Crippen molar-refractivity contribution in [1.82, 2.24) is 9.78 Å². The first-order valence-electron chi connectivity index (χ1n) is 7.38. The topological polar surface area (TPSA) is 76.0 Å². The van der Waals surface area contributed by atoms with Gasteiger partial charge in [0.15, 0.2) is 0 Å². The zero-order valence-electron chi connectivity index (χ0n) is 13.1. The summed E-state index contributed by atoms with van der Waals surface area (Å²) in [7, 11) is 1.73. The predicted octanol–water partition coefficient (Wildman–Crippen LogP) is 2.66. The Morgan fingerprint density at radius 2 is 1.42 bits per heavy atom. The van der Waals surface area contributed by atoms with Crippen LogP contribution in [0.5, 0.6) is 0 Å². The lowest BCUT2D eigenvalue weighted by molar-refractivity contribution is -0.132. The first kappa shape index (κ1) is 15.5. The summed E-state index contributed by atoms with van der Waals surface area (Å²) in [6, 6.07) is 17.2. The Morgan fingerprint density at radius 3 is 2.00 bits per heavy atom. The fraction of sp³-hybridized carbons (Fsp3) is 0.0556. The van der Waals surface area contributed by atoms with Gasteiger partial charge >= 0.3 is 11.8 Å². The van der Waals surface area contributed by atoms with Crippen molar-refractivity contribution in [1.29, 1.82) is 0 Å². The van der Waals surface area contributed by atoms with E-state index in [1.807, 2.05) is 42.5 Å². The lowest BCUT2D eigenvalue weighted by Crippen LogP contribution is -2.28. The molecule has 3 rings (SSSR count). The van der Waals surface area contributed by atoms with Crippen molar-refractivity contribution in [3.63, 3.8) is 0 Å². The van der Waals surface area contributed by atoms with Gasteiger partial charge in [-0.2, -0.15) is 5.10 Å². The molecule has 1 heterocycles. The lowest BCUT2D eigenvalue weighted by Gasteiger charge is -2.07. The van der Waals surface area contributed by atoms with Crippen LogP contribution in [0.3, 0.4) is 0 Å². The maximum Gasteiger partial charge on any atom is 0.314 e. The van der Waals surface area contributed by atoms with Crippen LogP contribution in [0.15, 0.2) is 67.0 Å². The summed E-state index contributed by atoms with van der Waals surface area (Å²) >= 11 is 0. The summed E-state index contributed by atoms with van der Waals surface area (Å²) in [6.07, 6.45) is 3.08. The average Bonchev–Trinajstić information content (AvgIpc) is 3.01. The summed E-state index contributed by atoms with van der Waals surface area (Å²) in [5.41, 5.74) is 3.15. The van der Waals surface area contributed by atoms with Crippen LogP contribution in [0.4, 0.5) is 11.4 Å². The molecule has 120 valence electrons. The first-order valence-corrected chi connectivity index (χ1v) is 7.38. The molecule has 0 saturated carbocycles. The van der Waals surface area contributed by atoms with Crippen molar-refractivity contribution < 1.29 is 9.59 Å². The van der Waals surface area contributed by atoms with Crippen LogP contribution in [0.25, 0.3) is 11.1 Å². The number of carbonyl (C=O) groups is 2. The van der Waals surface area contributed by atoms with Crippen molar-refractivity contribution in [2.24, 2.45) is 7.05 Å². The van der Waals surface area contributed by atoms with Crippen LogP contribution in [0, 0.1) is 0 Å². The van der Waals surface area contributed by atoms with Crippen molar-refractivity contribution in [2.45, 2.75) is 0 Å². The molecule has 3 aromatic rings. The Kier molecular flexibility index (Phi) is 4.38. The third kappa shape index (κ3) is 3.67. The fourth-order valence-corrected chi connectivity index (χ4v) is 2.24. The Hall–Kier alpha value is -3.41. The van der Waals surface area contributed by atoms with Crippen molar-refractivity contribution in [2.75, 3.05) is 10.6 Å². The Balaban J connectivity index is 1.63. The van der Waals surface area contributed by atoms with E-state index in [1.54, 1.807) is 25.4 Å². The number of carbonyl (C=O) groups excluding carboxylic acids is 2. The molecule has 0 radical (unpaired) electrons. The molecule has 0 unspecified atom stereocenters. The summed E-state index contributed by atoms with van der Waals surface area (Å²) < 4.78 is 1.54. The van der Waals surface area contributed by atoms with Gasteiger partial charge in [0.25, 0.3) is 0 Å². The standard InChI is InChI=1S/C18H16N4O2/c1-22-12-16(11-19-22)21-18(24)17(23)20-15-9-7-14(8-10-15)13-5-3-2-4-6-13/h2-12H,1H3,(H,20,23)(H,21,24). The molecule has 0 aliphatic rings. The molecule has 2 aromatic carbocycles. The van der Waals surface area contributed by atoms with E-state index in [2.05, 4.69) is 15.7 Å². The van der Waals surface area contributed by atoms with Gasteiger partial charge in [-0.1, -0.05) is 42.5 Å². The number of benzene rings is 2. The second kappa shape index (κ2) is 6.78. The summed E-state index contributed by atoms with van der Waals surface area (Å²) in [4.78, 5) is 23.8. The average molecular weight is 320 g/mol. The molecule has 0 atom stereocenters. The monoisotopic (exact) mass is 320 g/mol. The number of aryl methyl sites for hydroxylation is 1. The van der Waals surface area contributed by atoms with E-state index < -0.39 is 11.8 Å². The van der Waals surface area contributed by atoms with Crippen molar-refractivity contribution >= 4 is 23.2 Å². The molecule has 0 saturated heterocycles. The number of anilines is 2. The van der Waals surface area contributed by atoms with E-state index in [0.717, 1.165) is 11.1 Å². The van der Waals surface area contributed by atoms with Crippen LogP contribution >= 0.6 is 0 Å². The predicted molar refractivity (Wildman–Crippen MR) is 92.3 cm³/mol. The van der Waals surface area contributed by atoms with Gasteiger partial charge in [-0.25, -0.2) is 0 Å². The Labute approximate surface area is 139 Å². The number of rotatable bonds is 3. The van der Waals surface area contributed by atoms with Crippen LogP contribution in [0.2, 0.25) is 0 Å². The lowest BCUT2D eigenvalue weighted by atomic mass is 10.1. The molecular formula is C18H16N4O2. The van der Waals surface area contributed by atoms with Crippen molar-refractivity contribution in [3.8, 4) is 11.1 Å². The maximum absolute atomic E-state index is 11.9. The number of amides is 2. The van der Waals surface area contributed by atoms with Crippen LogP contribution in [0.1, 0.15) is 0 Å². The zero-order valence-corrected chi connectivity index (χ0v) is 13.1. The quantitative estimate of drug-likeness (QED) is 0.729. The molecule has 6 heteroatoms. The van der Waals surface area contributed by atoms with E-state index in [-0.39, 0.29) is 0 Å². The van der Waals surface area contributed by atoms with Gasteiger partial charge in [0.2, 0.25) is 0 Å². The molecule has 0 aliphatic carbocycles. The third-order valence-electron chi connectivity index (χ3n) is 3.42. The number of nitrogens with zero attached hydrogens (tertiary/aromatic N) is 2. The van der Waals surface area contributed by atoms with Crippen LogP contribution < -0.4 is 10.6 Å². The van der Waals surface area contributed by atoms with Gasteiger partial charge in [-0.15, -0.1) is 0 Å². The summed E-state index contributed by atoms with van der Waals surface area (Å²) in [5.74, 6) is -1.47. The fourth-order valence-electron chi connectivity index (χ4n) is 2.24. The highest BCUT2D eigenvalue weighted by Crippen LogP contribution is 2.20. The second-order valence-corrected chi connectivity index (χ2v) is 5.25. The zero-order chi connectivity index (χ0) is 16.9. The van der Waals surface area contributed by atoms with E-state index in [9.17, 15) is 9.59 Å². The molecule has 0 fully saturated rings. The number of hydrogen-bond acceptors (Lipinski definition) is 3. The molecule has 2 amide bonds. The molecule has 6 nitrogen and oxygen atoms in total. The van der Waals surface area contributed by atoms with Crippen molar-refractivity contribution in [3.05, 3.63) is 67.0 Å². The summed E-state index contributed by atoms with van der Waals surface area (Å²) in [5, 5.41) is 8.98. The normalized spacial score (nSPS) is 10.2. The highest BCUT2D eigenvalue weighted by molar-refractivity contribution is 6.43. The van der Waals surface area contributed by atoms with Gasteiger partial charge < -0.3 is 10.6 Å². The number of hydrogen-bond donors (Lipinski definition) is 2. The van der Waals surface area contributed by atoms with Gasteiger partial charge in [-0.3, -0.25) is 14.3 Å². The first-order chi connectivity index (χ1) is 11.6. The smallest absolute Gasteiger partial charge is 0.314 e. The van der Waals surface area contributed by atoms with Crippen LogP contribution in [-0.4, -0.2) is 21.6 Å². The molecule has 0 aliphatic heterocycles. The Bertz CT molecular complexity index is 854. The second-order valence-electron chi connectivity index (χ2n) is 5.25. The molecule has 1 aromatic heterocycles.